The second-order valence-electron chi connectivity index (χ2n) is 8.26. The van der Waals surface area contributed by atoms with Crippen LogP contribution in [0.5, 0.6) is 0 Å². The van der Waals surface area contributed by atoms with Crippen LogP contribution in [0.15, 0.2) is 53.5 Å². The molecule has 176 valence electrons. The van der Waals surface area contributed by atoms with E-state index in [9.17, 15) is 4.79 Å². The van der Waals surface area contributed by atoms with E-state index in [1.807, 2.05) is 50.2 Å². The van der Waals surface area contributed by atoms with Crippen LogP contribution in [0.3, 0.4) is 0 Å². The highest BCUT2D eigenvalue weighted by molar-refractivity contribution is 5.83. The fraction of sp³-hybridized carbons (Fsp3) is 0.308. The van der Waals surface area contributed by atoms with Gasteiger partial charge in [-0.15, -0.1) is 0 Å². The third-order valence-corrected chi connectivity index (χ3v) is 5.78. The molecule has 0 aliphatic heterocycles. The van der Waals surface area contributed by atoms with E-state index < -0.39 is 0 Å². The summed E-state index contributed by atoms with van der Waals surface area (Å²) in [4.78, 5) is 27.2. The summed E-state index contributed by atoms with van der Waals surface area (Å²) in [5.74, 6) is 0.470. The highest BCUT2D eigenvalue weighted by Gasteiger charge is 2.15. The predicted octanol–water partition coefficient (Wildman–Crippen LogP) is 3.15. The van der Waals surface area contributed by atoms with Crippen molar-refractivity contribution in [1.29, 1.82) is 0 Å². The topological polar surface area (TPSA) is 105 Å². The summed E-state index contributed by atoms with van der Waals surface area (Å²) in [5.41, 5.74) is 5.92. The lowest BCUT2D eigenvalue weighted by Crippen LogP contribution is -2.26. The summed E-state index contributed by atoms with van der Waals surface area (Å²) in [6.45, 7) is 5.81. The van der Waals surface area contributed by atoms with Crippen LogP contribution in [-0.2, 0) is 6.54 Å². The number of rotatable bonds is 9. The molecule has 0 amide bonds. The van der Waals surface area contributed by atoms with Gasteiger partial charge in [-0.05, 0) is 62.2 Å². The Kier molecular flexibility index (Phi) is 7.30. The lowest BCUT2D eigenvalue weighted by atomic mass is 9.97. The van der Waals surface area contributed by atoms with Crippen molar-refractivity contribution in [3.8, 4) is 22.4 Å². The zero-order valence-electron chi connectivity index (χ0n) is 19.8. The quantitative estimate of drug-likeness (QED) is 0.331. The molecule has 0 bridgehead atoms. The van der Waals surface area contributed by atoms with Crippen molar-refractivity contribution in [2.45, 2.75) is 26.8 Å². The molecule has 4 rings (SSSR count). The van der Waals surface area contributed by atoms with Crippen LogP contribution in [-0.4, -0.2) is 51.4 Å². The molecule has 0 atom stereocenters. The van der Waals surface area contributed by atoms with Crippen molar-refractivity contribution in [1.82, 2.24) is 24.8 Å². The van der Waals surface area contributed by atoms with Crippen LogP contribution in [0.25, 0.3) is 33.4 Å². The number of aryl methyl sites for hydroxylation is 3. The highest BCUT2D eigenvalue weighted by Crippen LogP contribution is 2.28. The molecule has 0 saturated carbocycles. The Bertz CT molecular complexity index is 1370. The second-order valence-corrected chi connectivity index (χ2v) is 8.26. The molecular formula is C26H30N6O2. The van der Waals surface area contributed by atoms with Gasteiger partial charge in [-0.3, -0.25) is 14.3 Å². The first-order valence-corrected chi connectivity index (χ1v) is 11.5. The van der Waals surface area contributed by atoms with Gasteiger partial charge in [0.05, 0.1) is 12.3 Å². The van der Waals surface area contributed by atoms with Gasteiger partial charge in [0, 0.05) is 48.5 Å². The minimum absolute atomic E-state index is 0.0834. The van der Waals surface area contributed by atoms with E-state index in [4.69, 9.17) is 5.11 Å². The molecule has 0 aliphatic rings. The lowest BCUT2D eigenvalue weighted by Gasteiger charge is -2.15. The molecule has 3 heterocycles. The number of nitrogens with one attached hydrogen (secondary N) is 2. The first kappa shape index (κ1) is 23.5. The average molecular weight is 459 g/mol. The highest BCUT2D eigenvalue weighted by atomic mass is 16.3. The van der Waals surface area contributed by atoms with Crippen LogP contribution in [0.4, 0.5) is 5.95 Å². The van der Waals surface area contributed by atoms with Gasteiger partial charge >= 0.3 is 0 Å². The summed E-state index contributed by atoms with van der Waals surface area (Å²) >= 11 is 0. The Morgan fingerprint density at radius 1 is 1.03 bits per heavy atom. The molecule has 0 fully saturated rings. The van der Waals surface area contributed by atoms with E-state index in [1.165, 1.54) is 0 Å². The monoisotopic (exact) mass is 458 g/mol. The molecule has 0 saturated heterocycles. The molecule has 8 heteroatoms. The van der Waals surface area contributed by atoms with Gasteiger partial charge in [-0.2, -0.15) is 4.98 Å². The first-order chi connectivity index (χ1) is 16.5. The maximum Gasteiger partial charge on any atom is 0.260 e. The zero-order valence-corrected chi connectivity index (χ0v) is 19.8. The Hall–Kier alpha value is -3.62. The van der Waals surface area contributed by atoms with E-state index in [0.29, 0.717) is 36.8 Å². The maximum atomic E-state index is 13.7. The van der Waals surface area contributed by atoms with E-state index in [1.54, 1.807) is 17.8 Å². The molecule has 8 nitrogen and oxygen atoms in total. The van der Waals surface area contributed by atoms with Crippen LogP contribution < -0.4 is 16.2 Å². The molecular weight excluding hydrogens is 428 g/mol. The Morgan fingerprint density at radius 3 is 2.62 bits per heavy atom. The normalized spacial score (nSPS) is 11.2. The fourth-order valence-corrected chi connectivity index (χ4v) is 4.08. The fourth-order valence-electron chi connectivity index (χ4n) is 4.08. The Balaban J connectivity index is 1.77. The summed E-state index contributed by atoms with van der Waals surface area (Å²) in [5, 5.41) is 15.9. The summed E-state index contributed by atoms with van der Waals surface area (Å²) < 4.78 is 1.73. The first-order valence-electron chi connectivity index (χ1n) is 11.5. The van der Waals surface area contributed by atoms with Gasteiger partial charge in [-0.1, -0.05) is 18.2 Å². The van der Waals surface area contributed by atoms with Crippen molar-refractivity contribution in [3.05, 3.63) is 70.3 Å². The van der Waals surface area contributed by atoms with Crippen molar-refractivity contribution in [2.24, 2.45) is 0 Å². The van der Waals surface area contributed by atoms with Crippen LogP contribution in [0, 0.1) is 13.8 Å². The van der Waals surface area contributed by atoms with Crippen molar-refractivity contribution in [3.63, 3.8) is 0 Å². The van der Waals surface area contributed by atoms with Gasteiger partial charge in [0.25, 0.3) is 5.56 Å². The molecule has 3 N–H and O–H groups in total. The molecule has 0 aliphatic carbocycles. The number of aliphatic hydroxyl groups excluding tert-OH is 1. The Morgan fingerprint density at radius 2 is 1.88 bits per heavy atom. The summed E-state index contributed by atoms with van der Waals surface area (Å²) in [6, 6.07) is 13.9. The van der Waals surface area contributed by atoms with E-state index in [0.717, 1.165) is 39.9 Å². The number of anilines is 1. The van der Waals surface area contributed by atoms with Gasteiger partial charge in [0.15, 0.2) is 0 Å². The van der Waals surface area contributed by atoms with E-state index in [-0.39, 0.29) is 12.2 Å². The Labute approximate surface area is 198 Å². The van der Waals surface area contributed by atoms with Gasteiger partial charge in [-0.25, -0.2) is 4.98 Å². The van der Waals surface area contributed by atoms with Gasteiger partial charge in [0.2, 0.25) is 5.95 Å². The summed E-state index contributed by atoms with van der Waals surface area (Å²) in [6.07, 6.45) is 2.48. The number of pyridine rings is 2. The minimum Gasteiger partial charge on any atom is -0.395 e. The van der Waals surface area contributed by atoms with E-state index in [2.05, 4.69) is 31.7 Å². The lowest BCUT2D eigenvalue weighted by molar-refractivity contribution is 0.291. The van der Waals surface area contributed by atoms with Crippen molar-refractivity contribution >= 4 is 17.0 Å². The summed E-state index contributed by atoms with van der Waals surface area (Å²) in [7, 11) is 1.75. The maximum absolute atomic E-state index is 13.7. The minimum atomic E-state index is -0.0834. The van der Waals surface area contributed by atoms with Gasteiger partial charge < -0.3 is 15.7 Å². The smallest absolute Gasteiger partial charge is 0.260 e. The number of hydrogen-bond acceptors (Lipinski definition) is 7. The predicted molar refractivity (Wildman–Crippen MR) is 136 cm³/mol. The SMILES string of the molecule is CNc1ncc2cc(-c3ccc(-c4cccc(C)n4)cc3C)c(=O)n(CCCNCCO)c2n1. The third kappa shape index (κ3) is 4.98. The number of benzene rings is 1. The molecule has 3 aromatic heterocycles. The average Bonchev–Trinajstić information content (AvgIpc) is 2.84. The second kappa shape index (κ2) is 10.5. The molecule has 0 radical (unpaired) electrons. The van der Waals surface area contributed by atoms with Crippen molar-refractivity contribution in [2.75, 3.05) is 32.1 Å². The molecule has 4 aromatic rings. The molecule has 0 unspecified atom stereocenters. The molecule has 34 heavy (non-hydrogen) atoms. The molecule has 0 spiro atoms. The number of aromatic nitrogens is 4. The van der Waals surface area contributed by atoms with Crippen LogP contribution in [0.2, 0.25) is 0 Å². The third-order valence-electron chi connectivity index (χ3n) is 5.78. The number of nitrogens with zero attached hydrogens (tertiary/aromatic N) is 4. The van der Waals surface area contributed by atoms with Gasteiger partial charge in [0.1, 0.15) is 5.65 Å². The van der Waals surface area contributed by atoms with Crippen LogP contribution >= 0.6 is 0 Å². The van der Waals surface area contributed by atoms with E-state index >= 15 is 0 Å². The van der Waals surface area contributed by atoms with Crippen molar-refractivity contribution < 1.29 is 5.11 Å². The number of aliphatic hydroxyl groups is 1. The molecule has 1 aromatic carbocycles. The largest absolute Gasteiger partial charge is 0.395 e. The van der Waals surface area contributed by atoms with Crippen LogP contribution in [0.1, 0.15) is 17.7 Å². The number of hydrogen-bond donors (Lipinski definition) is 3. The standard InChI is InChI=1S/C26H30N6O2/c1-17-14-19(23-7-4-6-18(2)30-23)8-9-21(17)22-15-20-16-29-26(27-3)31-24(20)32(25(22)34)12-5-10-28-11-13-33/h4,6-9,14-16,28,33H,5,10-13H2,1-3H3,(H,27,29,31). The zero-order chi connectivity index (χ0) is 24.1. The number of fused-ring (bicyclic) bond motifs is 1.